The molecule has 0 aromatic heterocycles. The summed E-state index contributed by atoms with van der Waals surface area (Å²) in [5, 5.41) is 18.1. The number of nitrogens with two attached hydrogens (primary N) is 2. The number of aliphatic hydroxyl groups is 2. The minimum atomic E-state index is -1.06. The molecular formula is C28H44N2O5. The van der Waals surface area contributed by atoms with Gasteiger partial charge in [0.05, 0.1) is 18.6 Å². The standard InChI is InChI=1S/C20H31NO5.C6H7N.C2H6/c1-19(2,20(3,4)18(24)26-14-16(23)13-22)11-5-6-12-25-17-9-7-15(21)8-10-17;7-6-4-2-1-3-5-6;1-2/h5,7-11,16,22-23H,6,12-14,21H2,1-4H3;1-5H,7H2;1-2H3/b11-5-;;. The van der Waals surface area contributed by atoms with Gasteiger partial charge in [-0.2, -0.15) is 0 Å². The first-order valence-corrected chi connectivity index (χ1v) is 11.9. The summed E-state index contributed by atoms with van der Waals surface area (Å²) in [7, 11) is 0. The zero-order valence-corrected chi connectivity index (χ0v) is 22.0. The molecular weight excluding hydrogens is 444 g/mol. The van der Waals surface area contributed by atoms with Crippen LogP contribution in [-0.2, 0) is 9.53 Å². The van der Waals surface area contributed by atoms with E-state index >= 15 is 0 Å². The second kappa shape index (κ2) is 16.6. The number of carbonyl (C=O) groups excluding carboxylic acids is 1. The summed E-state index contributed by atoms with van der Waals surface area (Å²) in [5.74, 6) is 0.344. The number of nitrogen functional groups attached to an aromatic ring is 2. The third kappa shape index (κ3) is 12.3. The number of benzene rings is 2. The number of para-hydroxylation sites is 1. The lowest BCUT2D eigenvalue weighted by atomic mass is 9.67. The molecule has 6 N–H and O–H groups in total. The lowest BCUT2D eigenvalue weighted by Crippen LogP contribution is -2.41. The molecule has 2 aromatic rings. The van der Waals surface area contributed by atoms with E-state index in [0.717, 1.165) is 11.4 Å². The lowest BCUT2D eigenvalue weighted by molar-refractivity contribution is -0.162. The molecule has 1 unspecified atom stereocenters. The number of hydrogen-bond acceptors (Lipinski definition) is 7. The molecule has 0 aliphatic carbocycles. The first kappa shape index (κ1) is 32.0. The van der Waals surface area contributed by atoms with E-state index < -0.39 is 29.5 Å². The molecule has 7 heteroatoms. The Balaban J connectivity index is 0.00000108. The van der Waals surface area contributed by atoms with Gasteiger partial charge in [0.2, 0.25) is 0 Å². The molecule has 0 heterocycles. The highest BCUT2D eigenvalue weighted by molar-refractivity contribution is 5.77. The van der Waals surface area contributed by atoms with Crippen LogP contribution in [0.4, 0.5) is 11.4 Å². The number of ether oxygens (including phenoxy) is 2. The quantitative estimate of drug-likeness (QED) is 0.163. The van der Waals surface area contributed by atoms with Crippen molar-refractivity contribution in [3.63, 3.8) is 0 Å². The van der Waals surface area contributed by atoms with E-state index in [-0.39, 0.29) is 6.61 Å². The Morgan fingerprint density at radius 2 is 1.51 bits per heavy atom. The van der Waals surface area contributed by atoms with Crippen molar-refractivity contribution in [2.75, 3.05) is 31.3 Å². The van der Waals surface area contributed by atoms with Crippen LogP contribution in [0.3, 0.4) is 0 Å². The highest BCUT2D eigenvalue weighted by Gasteiger charge is 2.42. The fourth-order valence-electron chi connectivity index (χ4n) is 2.52. The summed E-state index contributed by atoms with van der Waals surface area (Å²) in [4.78, 5) is 12.3. The van der Waals surface area contributed by atoms with Gasteiger partial charge in [0.25, 0.3) is 0 Å². The molecule has 1 atom stereocenters. The molecule has 2 rings (SSSR count). The molecule has 0 radical (unpaired) electrons. The minimum Gasteiger partial charge on any atom is -0.493 e. The SMILES string of the molecule is CC.CC(C)(/C=C\CCOc1ccc(N)cc1)C(C)(C)C(=O)OCC(O)CO.Nc1ccccc1. The van der Waals surface area contributed by atoms with Gasteiger partial charge in [-0.25, -0.2) is 0 Å². The first-order chi connectivity index (χ1) is 16.5. The molecule has 0 amide bonds. The zero-order chi connectivity index (χ0) is 26.9. The van der Waals surface area contributed by atoms with Crippen LogP contribution in [0.15, 0.2) is 66.7 Å². The maximum Gasteiger partial charge on any atom is 0.312 e. The predicted molar refractivity (Wildman–Crippen MR) is 144 cm³/mol. The summed E-state index contributed by atoms with van der Waals surface area (Å²) < 4.78 is 10.8. The van der Waals surface area contributed by atoms with Gasteiger partial charge >= 0.3 is 5.97 Å². The van der Waals surface area contributed by atoms with Crippen molar-refractivity contribution in [1.82, 2.24) is 0 Å². The normalized spacial score (nSPS) is 12.0. The fraction of sp³-hybridized carbons (Fsp3) is 0.464. The molecule has 0 bridgehead atoms. The van der Waals surface area contributed by atoms with Crippen LogP contribution in [0.1, 0.15) is 48.0 Å². The number of allylic oxidation sites excluding steroid dienone is 1. The fourth-order valence-corrected chi connectivity index (χ4v) is 2.52. The molecule has 0 aliphatic rings. The second-order valence-corrected chi connectivity index (χ2v) is 8.80. The number of carbonyl (C=O) groups is 1. The molecule has 0 spiro atoms. The van der Waals surface area contributed by atoms with Gasteiger partial charge in [0, 0.05) is 11.4 Å². The number of aliphatic hydroxyl groups excluding tert-OH is 2. The summed E-state index contributed by atoms with van der Waals surface area (Å²) in [5.41, 5.74) is 11.2. The van der Waals surface area contributed by atoms with Crippen LogP contribution in [0, 0.1) is 10.8 Å². The van der Waals surface area contributed by atoms with Crippen molar-refractivity contribution in [3.8, 4) is 5.75 Å². The summed E-state index contributed by atoms with van der Waals surface area (Å²) in [6, 6.07) is 16.7. The molecule has 0 aliphatic heterocycles. The van der Waals surface area contributed by atoms with Crippen LogP contribution in [-0.4, -0.2) is 42.1 Å². The van der Waals surface area contributed by atoms with Gasteiger partial charge in [-0.15, -0.1) is 0 Å². The van der Waals surface area contributed by atoms with Crippen molar-refractivity contribution in [2.24, 2.45) is 10.8 Å². The van der Waals surface area contributed by atoms with Crippen LogP contribution in [0.25, 0.3) is 0 Å². The number of rotatable bonds is 10. The Bertz CT molecular complexity index is 849. The van der Waals surface area contributed by atoms with Crippen molar-refractivity contribution in [3.05, 3.63) is 66.7 Å². The van der Waals surface area contributed by atoms with Crippen molar-refractivity contribution in [2.45, 2.75) is 54.1 Å². The molecule has 35 heavy (non-hydrogen) atoms. The first-order valence-electron chi connectivity index (χ1n) is 11.9. The highest BCUT2D eigenvalue weighted by atomic mass is 16.5. The highest BCUT2D eigenvalue weighted by Crippen LogP contribution is 2.41. The Labute approximate surface area is 210 Å². The van der Waals surface area contributed by atoms with Gasteiger partial charge in [-0.05, 0) is 62.1 Å². The van der Waals surface area contributed by atoms with E-state index in [2.05, 4.69) is 0 Å². The van der Waals surface area contributed by atoms with E-state index in [0.29, 0.717) is 18.7 Å². The topological polar surface area (TPSA) is 128 Å². The largest absolute Gasteiger partial charge is 0.493 e. The lowest BCUT2D eigenvalue weighted by Gasteiger charge is -2.37. The van der Waals surface area contributed by atoms with E-state index in [1.165, 1.54) is 0 Å². The third-order valence-corrected chi connectivity index (χ3v) is 5.51. The third-order valence-electron chi connectivity index (χ3n) is 5.51. The monoisotopic (exact) mass is 488 g/mol. The van der Waals surface area contributed by atoms with Gasteiger partial charge < -0.3 is 31.2 Å². The van der Waals surface area contributed by atoms with Crippen molar-refractivity contribution in [1.29, 1.82) is 0 Å². The van der Waals surface area contributed by atoms with Crippen LogP contribution in [0.2, 0.25) is 0 Å². The average molecular weight is 489 g/mol. The van der Waals surface area contributed by atoms with Crippen LogP contribution < -0.4 is 16.2 Å². The van der Waals surface area contributed by atoms with E-state index in [1.807, 2.05) is 82.3 Å². The second-order valence-electron chi connectivity index (χ2n) is 8.80. The van der Waals surface area contributed by atoms with E-state index in [1.54, 1.807) is 26.0 Å². The van der Waals surface area contributed by atoms with Gasteiger partial charge in [0.15, 0.2) is 0 Å². The molecule has 0 fully saturated rings. The number of hydrogen-bond donors (Lipinski definition) is 4. The van der Waals surface area contributed by atoms with Crippen LogP contribution >= 0.6 is 0 Å². The van der Waals surface area contributed by atoms with Gasteiger partial charge in [-0.3, -0.25) is 4.79 Å². The average Bonchev–Trinajstić information content (AvgIpc) is 2.85. The molecule has 196 valence electrons. The predicted octanol–water partition coefficient (Wildman–Crippen LogP) is 4.84. The molecule has 2 aromatic carbocycles. The zero-order valence-electron chi connectivity index (χ0n) is 22.0. The van der Waals surface area contributed by atoms with Gasteiger partial charge in [0.1, 0.15) is 18.5 Å². The summed E-state index contributed by atoms with van der Waals surface area (Å²) in [6.07, 6.45) is 3.60. The van der Waals surface area contributed by atoms with Crippen molar-refractivity contribution < 1.29 is 24.5 Å². The Morgan fingerprint density at radius 3 is 2.00 bits per heavy atom. The Kier molecular flexibility index (Phi) is 15.1. The minimum absolute atomic E-state index is 0.214. The number of anilines is 2. The summed E-state index contributed by atoms with van der Waals surface area (Å²) >= 11 is 0. The molecule has 0 saturated heterocycles. The maximum absolute atomic E-state index is 12.3. The van der Waals surface area contributed by atoms with Crippen LogP contribution in [0.5, 0.6) is 5.75 Å². The van der Waals surface area contributed by atoms with Crippen molar-refractivity contribution >= 4 is 17.3 Å². The Hall–Kier alpha value is -3.03. The maximum atomic E-state index is 12.3. The van der Waals surface area contributed by atoms with E-state index in [9.17, 15) is 9.90 Å². The Morgan fingerprint density at radius 1 is 0.971 bits per heavy atom. The molecule has 7 nitrogen and oxygen atoms in total. The van der Waals surface area contributed by atoms with E-state index in [4.69, 9.17) is 26.0 Å². The molecule has 0 saturated carbocycles. The van der Waals surface area contributed by atoms with Gasteiger partial charge in [-0.1, -0.05) is 58.0 Å². The summed E-state index contributed by atoms with van der Waals surface area (Å²) in [6.45, 7) is 11.4. The number of esters is 1. The smallest absolute Gasteiger partial charge is 0.312 e.